The lowest BCUT2D eigenvalue weighted by molar-refractivity contribution is -0.118. The number of nitrogens with zero attached hydrogens (tertiary/aromatic N) is 4. The van der Waals surface area contributed by atoms with Gasteiger partial charge in [-0.3, -0.25) is 9.59 Å². The highest BCUT2D eigenvalue weighted by Crippen LogP contribution is 2.30. The average Bonchev–Trinajstić information content (AvgIpc) is 3.21. The minimum atomic E-state index is -0.423. The fourth-order valence-electron chi connectivity index (χ4n) is 3.03. The van der Waals surface area contributed by atoms with Crippen LogP contribution in [0.5, 0.6) is 0 Å². The molecule has 0 fully saturated rings. The molecule has 1 aromatic carbocycles. The van der Waals surface area contributed by atoms with Crippen LogP contribution in [0, 0.1) is 17.2 Å². The molecular formula is C22H20N6O2S. The van der Waals surface area contributed by atoms with Crippen LogP contribution in [0.2, 0.25) is 0 Å². The van der Waals surface area contributed by atoms with E-state index in [9.17, 15) is 9.59 Å². The Morgan fingerprint density at radius 1 is 1.19 bits per heavy atom. The number of thiazole rings is 1. The highest BCUT2D eigenvalue weighted by atomic mass is 32.1. The zero-order chi connectivity index (χ0) is 22.4. The summed E-state index contributed by atoms with van der Waals surface area (Å²) in [7, 11) is 0. The van der Waals surface area contributed by atoms with Crippen molar-refractivity contribution in [1.29, 1.82) is 5.26 Å². The summed E-state index contributed by atoms with van der Waals surface area (Å²) in [5, 5.41) is 22.9. The molecule has 0 spiro atoms. The Bertz CT molecular complexity index is 1150. The molecule has 2 amide bonds. The van der Waals surface area contributed by atoms with Crippen molar-refractivity contribution in [2.45, 2.75) is 19.8 Å². The van der Waals surface area contributed by atoms with Crippen LogP contribution in [-0.4, -0.2) is 27.0 Å². The van der Waals surface area contributed by atoms with Gasteiger partial charge in [0.1, 0.15) is 10.9 Å². The monoisotopic (exact) mass is 432 g/mol. The highest BCUT2D eigenvalue weighted by molar-refractivity contribution is 7.16. The Labute approximate surface area is 183 Å². The zero-order valence-corrected chi connectivity index (χ0v) is 17.8. The van der Waals surface area contributed by atoms with Crippen LogP contribution >= 0.6 is 11.3 Å². The molecule has 3 rings (SSSR count). The van der Waals surface area contributed by atoms with Crippen LogP contribution in [0.15, 0.2) is 55.3 Å². The predicted molar refractivity (Wildman–Crippen MR) is 119 cm³/mol. The lowest BCUT2D eigenvalue weighted by Gasteiger charge is -2.20. The van der Waals surface area contributed by atoms with Gasteiger partial charge in [0.15, 0.2) is 10.9 Å². The van der Waals surface area contributed by atoms with Gasteiger partial charge in [-0.15, -0.1) is 10.2 Å². The Kier molecular flexibility index (Phi) is 6.85. The van der Waals surface area contributed by atoms with Crippen molar-refractivity contribution < 1.29 is 9.59 Å². The van der Waals surface area contributed by atoms with Crippen molar-refractivity contribution in [3.63, 3.8) is 0 Å². The largest absolute Gasteiger partial charge is 0.306 e. The van der Waals surface area contributed by atoms with Crippen LogP contribution in [0.4, 0.5) is 10.9 Å². The third-order valence-electron chi connectivity index (χ3n) is 4.44. The van der Waals surface area contributed by atoms with Gasteiger partial charge in [0.2, 0.25) is 11.8 Å². The van der Waals surface area contributed by atoms with Crippen molar-refractivity contribution in [2.24, 2.45) is 5.92 Å². The van der Waals surface area contributed by atoms with Crippen LogP contribution in [-0.2, 0) is 9.59 Å². The van der Waals surface area contributed by atoms with E-state index in [0.717, 1.165) is 28.5 Å². The molecule has 9 heteroatoms. The van der Waals surface area contributed by atoms with Gasteiger partial charge in [-0.2, -0.15) is 5.26 Å². The number of carbonyl (C=O) groups is 2. The highest BCUT2D eigenvalue weighted by Gasteiger charge is 2.25. The molecule has 156 valence electrons. The number of benzene rings is 1. The van der Waals surface area contributed by atoms with E-state index < -0.39 is 5.92 Å². The minimum absolute atomic E-state index is 0.0215. The van der Waals surface area contributed by atoms with Gasteiger partial charge in [0.25, 0.3) is 0 Å². The summed E-state index contributed by atoms with van der Waals surface area (Å²) in [6, 6.07) is 12.9. The van der Waals surface area contributed by atoms with E-state index in [1.54, 1.807) is 12.1 Å². The second kappa shape index (κ2) is 9.73. The van der Waals surface area contributed by atoms with Crippen molar-refractivity contribution in [1.82, 2.24) is 15.2 Å². The van der Waals surface area contributed by atoms with E-state index in [4.69, 9.17) is 5.26 Å². The van der Waals surface area contributed by atoms with E-state index in [-0.39, 0.29) is 17.7 Å². The van der Waals surface area contributed by atoms with Gasteiger partial charge < -0.3 is 10.6 Å². The summed E-state index contributed by atoms with van der Waals surface area (Å²) in [4.78, 5) is 28.9. The number of rotatable bonds is 7. The summed E-state index contributed by atoms with van der Waals surface area (Å²) >= 11 is 1.13. The normalized spacial score (nSPS) is 11.4. The van der Waals surface area contributed by atoms with Gasteiger partial charge in [-0.05, 0) is 35.8 Å². The number of carbonyl (C=O) groups excluding carboxylic acids is 2. The molecule has 2 N–H and O–H groups in total. The third-order valence-corrected chi connectivity index (χ3v) is 5.26. The van der Waals surface area contributed by atoms with Gasteiger partial charge in [0.05, 0.1) is 17.8 Å². The second-order valence-corrected chi connectivity index (χ2v) is 8.01. The summed E-state index contributed by atoms with van der Waals surface area (Å²) in [5.41, 5.74) is 2.24. The molecule has 0 saturated carbocycles. The van der Waals surface area contributed by atoms with Crippen molar-refractivity contribution in [3.05, 3.63) is 65.7 Å². The molecule has 3 aromatic rings. The smallest absolute Gasteiger partial charge is 0.248 e. The van der Waals surface area contributed by atoms with Crippen LogP contribution < -0.4 is 10.6 Å². The quantitative estimate of drug-likeness (QED) is 0.545. The fraction of sp³-hybridized carbons (Fsp3) is 0.182. The van der Waals surface area contributed by atoms with Gasteiger partial charge in [-0.1, -0.05) is 50.0 Å². The van der Waals surface area contributed by atoms with E-state index in [0.29, 0.717) is 21.5 Å². The maximum Gasteiger partial charge on any atom is 0.248 e. The van der Waals surface area contributed by atoms with Crippen LogP contribution in [0.25, 0.3) is 11.3 Å². The summed E-state index contributed by atoms with van der Waals surface area (Å²) < 4.78 is 0. The summed E-state index contributed by atoms with van der Waals surface area (Å²) in [5.74, 6) is -0.636. The SMILES string of the molecule is C=CC(=O)Nc1ccc(-c2cccc(C(C(=O)Nc3ncc(C#N)s3)C(C)C)c2)nn1. The zero-order valence-electron chi connectivity index (χ0n) is 17.0. The molecule has 31 heavy (non-hydrogen) atoms. The number of aromatic nitrogens is 3. The molecule has 0 aliphatic rings. The van der Waals surface area contributed by atoms with E-state index in [1.807, 2.05) is 44.2 Å². The molecule has 2 heterocycles. The first-order valence-electron chi connectivity index (χ1n) is 9.45. The Morgan fingerprint density at radius 2 is 2.00 bits per heavy atom. The van der Waals surface area contributed by atoms with E-state index >= 15 is 0 Å². The van der Waals surface area contributed by atoms with Gasteiger partial charge >= 0.3 is 0 Å². The lowest BCUT2D eigenvalue weighted by Crippen LogP contribution is -2.25. The Hall–Kier alpha value is -3.90. The number of nitrogens with one attached hydrogen (secondary N) is 2. The first kappa shape index (κ1) is 21.8. The number of hydrogen-bond acceptors (Lipinski definition) is 7. The Morgan fingerprint density at radius 3 is 2.61 bits per heavy atom. The molecule has 0 radical (unpaired) electrons. The number of amides is 2. The van der Waals surface area contributed by atoms with Crippen LogP contribution in [0.1, 0.15) is 30.2 Å². The minimum Gasteiger partial charge on any atom is -0.306 e. The van der Waals surface area contributed by atoms with Crippen LogP contribution in [0.3, 0.4) is 0 Å². The molecule has 1 unspecified atom stereocenters. The maximum atomic E-state index is 13.0. The molecule has 0 aliphatic heterocycles. The molecule has 0 bridgehead atoms. The topological polar surface area (TPSA) is 121 Å². The van der Waals surface area contributed by atoms with Gasteiger partial charge in [-0.25, -0.2) is 4.98 Å². The molecule has 0 saturated heterocycles. The van der Waals surface area contributed by atoms with Crippen molar-refractivity contribution in [3.8, 4) is 17.3 Å². The molecule has 0 aliphatic carbocycles. The third kappa shape index (κ3) is 5.38. The number of anilines is 2. The Balaban J connectivity index is 1.83. The maximum absolute atomic E-state index is 13.0. The van der Waals surface area contributed by atoms with E-state index in [2.05, 4.69) is 32.4 Å². The lowest BCUT2D eigenvalue weighted by atomic mass is 9.86. The van der Waals surface area contributed by atoms with Crippen molar-refractivity contribution >= 4 is 34.1 Å². The number of hydrogen-bond donors (Lipinski definition) is 2. The first-order chi connectivity index (χ1) is 14.9. The summed E-state index contributed by atoms with van der Waals surface area (Å²) in [6.07, 6.45) is 2.59. The predicted octanol–water partition coefficient (Wildman–Crippen LogP) is 3.97. The molecule has 1 atom stereocenters. The van der Waals surface area contributed by atoms with E-state index in [1.165, 1.54) is 6.20 Å². The molecule has 2 aromatic heterocycles. The first-order valence-corrected chi connectivity index (χ1v) is 10.3. The van der Waals surface area contributed by atoms with Crippen molar-refractivity contribution in [2.75, 3.05) is 10.6 Å². The standard InChI is InChI=1S/C22H20N6O2S/c1-4-19(29)25-18-9-8-17(27-28-18)14-6-5-7-15(10-14)20(13(2)3)21(30)26-22-24-12-16(11-23)31-22/h4-10,12-13,20H,1H2,2-3H3,(H,24,26,30)(H,25,28,29). The fourth-order valence-corrected chi connectivity index (χ4v) is 3.64. The molecule has 8 nitrogen and oxygen atoms in total. The number of nitriles is 1. The summed E-state index contributed by atoms with van der Waals surface area (Å²) in [6.45, 7) is 7.34. The molecular weight excluding hydrogens is 412 g/mol. The average molecular weight is 433 g/mol. The second-order valence-electron chi connectivity index (χ2n) is 6.98. The van der Waals surface area contributed by atoms with Gasteiger partial charge in [0, 0.05) is 5.56 Å².